The van der Waals surface area contributed by atoms with Gasteiger partial charge >= 0.3 is 0 Å². The number of benzene rings is 1. The fraction of sp³-hybridized carbons (Fsp3) is 0.286. The largest absolute Gasteiger partial charge is 0.485 e. The van der Waals surface area contributed by atoms with Gasteiger partial charge in [-0.15, -0.1) is 11.3 Å². The summed E-state index contributed by atoms with van der Waals surface area (Å²) in [5.41, 5.74) is 0.927. The average Bonchev–Trinajstić information content (AvgIpc) is 2.76. The summed E-state index contributed by atoms with van der Waals surface area (Å²) in [4.78, 5) is 17.5. The molecule has 2 heterocycles. The summed E-state index contributed by atoms with van der Waals surface area (Å²) < 4.78 is 11.2. The Morgan fingerprint density at radius 1 is 1.35 bits per heavy atom. The molecule has 1 aromatic carbocycles. The van der Waals surface area contributed by atoms with Crippen LogP contribution in [-0.4, -0.2) is 23.6 Å². The maximum Gasteiger partial charge on any atom is 0.270 e. The van der Waals surface area contributed by atoms with Crippen molar-refractivity contribution in [3.63, 3.8) is 0 Å². The number of hydrogen-bond acceptors (Lipinski definition) is 5. The smallest absolute Gasteiger partial charge is 0.270 e. The zero-order valence-electron chi connectivity index (χ0n) is 11.2. The van der Waals surface area contributed by atoms with Crippen molar-refractivity contribution in [2.24, 2.45) is 0 Å². The fourth-order valence-corrected chi connectivity index (χ4v) is 2.68. The number of fused-ring (bicyclic) bond motifs is 1. The van der Waals surface area contributed by atoms with E-state index in [1.807, 2.05) is 32.0 Å². The molecule has 1 N–H and O–H groups in total. The molecule has 0 saturated heterocycles. The second-order valence-corrected chi connectivity index (χ2v) is 5.72. The molecular weight excluding hydrogens is 276 g/mol. The van der Waals surface area contributed by atoms with Crippen LogP contribution >= 0.6 is 11.3 Å². The molecule has 0 unspecified atom stereocenters. The average molecular weight is 290 g/mol. The predicted molar refractivity (Wildman–Crippen MR) is 76.6 cm³/mol. The fourth-order valence-electron chi connectivity index (χ4n) is 1.86. The SMILES string of the molecule is Cc1nc(NC(=O)[C@H]2COc3ccccc3O2)sc1C. The van der Waals surface area contributed by atoms with Crippen molar-refractivity contribution in [3.8, 4) is 11.5 Å². The van der Waals surface area contributed by atoms with Crippen LogP contribution in [0.15, 0.2) is 24.3 Å². The van der Waals surface area contributed by atoms with Gasteiger partial charge in [-0.2, -0.15) is 0 Å². The Hall–Kier alpha value is -2.08. The Morgan fingerprint density at radius 2 is 2.10 bits per heavy atom. The Morgan fingerprint density at radius 3 is 2.80 bits per heavy atom. The monoisotopic (exact) mass is 290 g/mol. The number of hydrogen-bond donors (Lipinski definition) is 1. The van der Waals surface area contributed by atoms with Crippen molar-refractivity contribution in [1.82, 2.24) is 4.98 Å². The summed E-state index contributed by atoms with van der Waals surface area (Å²) in [7, 11) is 0. The minimum Gasteiger partial charge on any atom is -0.485 e. The number of aromatic nitrogens is 1. The molecule has 1 amide bonds. The molecule has 104 valence electrons. The number of aryl methyl sites for hydroxylation is 2. The van der Waals surface area contributed by atoms with Crippen LogP contribution in [0.1, 0.15) is 10.6 Å². The summed E-state index contributed by atoms with van der Waals surface area (Å²) in [6.07, 6.45) is -0.658. The highest BCUT2D eigenvalue weighted by molar-refractivity contribution is 7.15. The van der Waals surface area contributed by atoms with Crippen molar-refractivity contribution in [2.75, 3.05) is 11.9 Å². The lowest BCUT2D eigenvalue weighted by Crippen LogP contribution is -2.40. The van der Waals surface area contributed by atoms with Gasteiger partial charge in [-0.3, -0.25) is 10.1 Å². The van der Waals surface area contributed by atoms with Crippen molar-refractivity contribution >= 4 is 22.4 Å². The molecule has 0 bridgehead atoms. The first-order valence-corrected chi connectivity index (χ1v) is 7.08. The van der Waals surface area contributed by atoms with Gasteiger partial charge in [-0.05, 0) is 26.0 Å². The van der Waals surface area contributed by atoms with Gasteiger partial charge in [0.2, 0.25) is 6.10 Å². The van der Waals surface area contributed by atoms with E-state index < -0.39 is 6.10 Å². The van der Waals surface area contributed by atoms with Gasteiger partial charge in [0.05, 0.1) is 5.69 Å². The van der Waals surface area contributed by atoms with Crippen molar-refractivity contribution in [2.45, 2.75) is 20.0 Å². The third-order valence-corrected chi connectivity index (χ3v) is 4.05. The van der Waals surface area contributed by atoms with Gasteiger partial charge in [-0.25, -0.2) is 4.98 Å². The van der Waals surface area contributed by atoms with Crippen molar-refractivity contribution in [1.29, 1.82) is 0 Å². The topological polar surface area (TPSA) is 60.5 Å². The van der Waals surface area contributed by atoms with Crippen LogP contribution in [0.25, 0.3) is 0 Å². The highest BCUT2D eigenvalue weighted by Crippen LogP contribution is 2.31. The van der Waals surface area contributed by atoms with Crippen LogP contribution in [0.2, 0.25) is 0 Å². The number of ether oxygens (including phenoxy) is 2. The van der Waals surface area contributed by atoms with Crippen LogP contribution in [0.3, 0.4) is 0 Å². The molecule has 2 aromatic rings. The number of amides is 1. The number of nitrogens with zero attached hydrogens (tertiary/aromatic N) is 1. The summed E-state index contributed by atoms with van der Waals surface area (Å²) in [5.74, 6) is 1.01. The van der Waals surface area contributed by atoms with E-state index in [1.54, 1.807) is 6.07 Å². The van der Waals surface area contributed by atoms with Gasteiger partial charge in [-0.1, -0.05) is 12.1 Å². The van der Waals surface area contributed by atoms with Gasteiger partial charge < -0.3 is 9.47 Å². The minimum atomic E-state index is -0.658. The van der Waals surface area contributed by atoms with Crippen molar-refractivity contribution < 1.29 is 14.3 Å². The number of rotatable bonds is 2. The molecular formula is C14H14N2O3S. The molecule has 1 aromatic heterocycles. The molecule has 0 radical (unpaired) electrons. The van der Waals surface area contributed by atoms with Crippen LogP contribution < -0.4 is 14.8 Å². The third kappa shape index (κ3) is 2.46. The number of anilines is 1. The summed E-state index contributed by atoms with van der Waals surface area (Å²) in [6, 6.07) is 7.31. The number of carbonyl (C=O) groups is 1. The first-order chi connectivity index (χ1) is 9.63. The quantitative estimate of drug-likeness (QED) is 0.923. The van der Waals surface area contributed by atoms with E-state index in [0.29, 0.717) is 16.6 Å². The maximum atomic E-state index is 12.1. The standard InChI is InChI=1S/C14H14N2O3S/c1-8-9(2)20-14(15-8)16-13(17)12-7-18-10-5-3-4-6-11(10)19-12/h3-6,12H,7H2,1-2H3,(H,15,16,17)/t12-/m1/s1. The van der Waals surface area contributed by atoms with E-state index in [4.69, 9.17) is 9.47 Å². The first kappa shape index (κ1) is 12.9. The van der Waals surface area contributed by atoms with Gasteiger partial charge in [0.15, 0.2) is 16.6 Å². The Balaban J connectivity index is 1.70. The lowest BCUT2D eigenvalue weighted by atomic mass is 10.2. The predicted octanol–water partition coefficient (Wildman–Crippen LogP) is 2.54. The number of para-hydroxylation sites is 2. The Labute approximate surface area is 120 Å². The molecule has 20 heavy (non-hydrogen) atoms. The minimum absolute atomic E-state index is 0.201. The molecule has 5 nitrogen and oxygen atoms in total. The van der Waals surface area contributed by atoms with E-state index in [9.17, 15) is 4.79 Å². The Bertz CT molecular complexity index is 634. The maximum absolute atomic E-state index is 12.1. The van der Waals surface area contributed by atoms with E-state index in [0.717, 1.165) is 10.6 Å². The van der Waals surface area contributed by atoms with Gasteiger partial charge in [0.1, 0.15) is 6.61 Å². The molecule has 1 aliphatic heterocycles. The van der Waals surface area contributed by atoms with E-state index in [-0.39, 0.29) is 12.5 Å². The van der Waals surface area contributed by atoms with Gasteiger partial charge in [0, 0.05) is 4.88 Å². The van der Waals surface area contributed by atoms with E-state index in [2.05, 4.69) is 10.3 Å². The molecule has 0 saturated carbocycles. The summed E-state index contributed by atoms with van der Waals surface area (Å²) >= 11 is 1.45. The van der Waals surface area contributed by atoms with E-state index >= 15 is 0 Å². The Kier molecular flexibility index (Phi) is 3.31. The van der Waals surface area contributed by atoms with Crippen LogP contribution in [-0.2, 0) is 4.79 Å². The highest BCUT2D eigenvalue weighted by atomic mass is 32.1. The third-order valence-electron chi connectivity index (χ3n) is 3.06. The normalized spacial score (nSPS) is 16.8. The molecule has 6 heteroatoms. The van der Waals surface area contributed by atoms with Crippen LogP contribution in [0.4, 0.5) is 5.13 Å². The van der Waals surface area contributed by atoms with E-state index in [1.165, 1.54) is 11.3 Å². The van der Waals surface area contributed by atoms with Gasteiger partial charge in [0.25, 0.3) is 5.91 Å². The van der Waals surface area contributed by atoms with Crippen LogP contribution in [0.5, 0.6) is 11.5 Å². The first-order valence-electron chi connectivity index (χ1n) is 6.27. The molecule has 0 spiro atoms. The molecule has 1 atom stereocenters. The summed E-state index contributed by atoms with van der Waals surface area (Å²) in [5, 5.41) is 3.36. The lowest BCUT2D eigenvalue weighted by Gasteiger charge is -2.25. The zero-order valence-corrected chi connectivity index (χ0v) is 12.0. The second kappa shape index (κ2) is 5.13. The molecule has 0 aliphatic carbocycles. The summed E-state index contributed by atoms with van der Waals surface area (Å²) in [6.45, 7) is 4.09. The number of nitrogens with one attached hydrogen (secondary N) is 1. The zero-order chi connectivity index (χ0) is 14.1. The highest BCUT2D eigenvalue weighted by Gasteiger charge is 2.27. The van der Waals surface area contributed by atoms with Crippen LogP contribution in [0, 0.1) is 13.8 Å². The lowest BCUT2D eigenvalue weighted by molar-refractivity contribution is -0.125. The molecule has 0 fully saturated rings. The van der Waals surface area contributed by atoms with Crippen molar-refractivity contribution in [3.05, 3.63) is 34.8 Å². The number of thiazole rings is 1. The molecule has 1 aliphatic rings. The number of carbonyl (C=O) groups excluding carboxylic acids is 1. The second-order valence-electron chi connectivity index (χ2n) is 4.51. The molecule has 3 rings (SSSR count).